The second kappa shape index (κ2) is 7.80. The molecule has 9 heteroatoms. The molecule has 1 aliphatic heterocycles. The topological polar surface area (TPSA) is 122 Å². The average Bonchev–Trinajstić information content (AvgIpc) is 2.99. The third kappa shape index (κ3) is 4.16. The summed E-state index contributed by atoms with van der Waals surface area (Å²) in [6.07, 6.45) is 0.607. The highest BCUT2D eigenvalue weighted by molar-refractivity contribution is 5.13. The number of aromatic nitrogens is 2. The highest BCUT2D eigenvalue weighted by Crippen LogP contribution is 2.30. The molecule has 0 amide bonds. The minimum atomic E-state index is -0.620. The zero-order chi connectivity index (χ0) is 17.6. The van der Waals surface area contributed by atoms with Crippen LogP contribution in [0.2, 0.25) is 0 Å². The fraction of sp³-hybridized carbons (Fsp3) is 0.375. The normalized spacial score (nSPS) is 22.5. The summed E-state index contributed by atoms with van der Waals surface area (Å²) in [6.45, 7) is 0.639. The number of hydrogen-bond donors (Lipinski definition) is 1. The van der Waals surface area contributed by atoms with Gasteiger partial charge in [0.05, 0.1) is 25.4 Å². The van der Waals surface area contributed by atoms with E-state index in [1.54, 1.807) is 0 Å². The molecule has 9 nitrogen and oxygen atoms in total. The summed E-state index contributed by atoms with van der Waals surface area (Å²) >= 11 is 0. The van der Waals surface area contributed by atoms with Crippen LogP contribution in [-0.4, -0.2) is 28.3 Å². The molecule has 0 bridgehead atoms. The van der Waals surface area contributed by atoms with Gasteiger partial charge in [-0.25, -0.2) is 4.79 Å². The van der Waals surface area contributed by atoms with Gasteiger partial charge in [0, 0.05) is 23.6 Å². The van der Waals surface area contributed by atoms with E-state index >= 15 is 0 Å². The van der Waals surface area contributed by atoms with Crippen LogP contribution in [0.15, 0.2) is 57.3 Å². The molecular formula is C16H17N5O4. The maximum Gasteiger partial charge on any atom is 0.330 e. The van der Waals surface area contributed by atoms with Crippen molar-refractivity contribution in [1.29, 1.82) is 0 Å². The van der Waals surface area contributed by atoms with Gasteiger partial charge in [0.2, 0.25) is 0 Å². The number of benzene rings is 1. The Kier molecular flexibility index (Phi) is 5.30. The molecular weight excluding hydrogens is 326 g/mol. The van der Waals surface area contributed by atoms with Crippen LogP contribution in [0.25, 0.3) is 10.4 Å². The van der Waals surface area contributed by atoms with Crippen molar-refractivity contribution in [3.8, 4) is 0 Å². The molecule has 3 atom stereocenters. The summed E-state index contributed by atoms with van der Waals surface area (Å²) in [7, 11) is 0. The van der Waals surface area contributed by atoms with Gasteiger partial charge in [-0.15, -0.1) is 0 Å². The molecule has 1 aliphatic rings. The first-order chi connectivity index (χ1) is 12.2. The summed E-state index contributed by atoms with van der Waals surface area (Å²) in [6, 6.07) is 10.5. The van der Waals surface area contributed by atoms with Crippen molar-refractivity contribution in [3.05, 3.63) is 79.4 Å². The number of hydrogen-bond acceptors (Lipinski definition) is 5. The minimum Gasteiger partial charge on any atom is -0.374 e. The van der Waals surface area contributed by atoms with Crippen molar-refractivity contribution in [2.24, 2.45) is 5.11 Å². The van der Waals surface area contributed by atoms with Gasteiger partial charge in [0.1, 0.15) is 6.23 Å². The monoisotopic (exact) mass is 343 g/mol. The largest absolute Gasteiger partial charge is 0.374 e. The molecule has 0 aliphatic carbocycles. The maximum absolute atomic E-state index is 11.9. The third-order valence-electron chi connectivity index (χ3n) is 3.96. The van der Waals surface area contributed by atoms with Crippen LogP contribution in [0.1, 0.15) is 18.2 Å². The van der Waals surface area contributed by atoms with E-state index in [9.17, 15) is 9.59 Å². The van der Waals surface area contributed by atoms with E-state index in [2.05, 4.69) is 15.0 Å². The smallest absolute Gasteiger partial charge is 0.330 e. The van der Waals surface area contributed by atoms with Crippen LogP contribution in [0.4, 0.5) is 0 Å². The van der Waals surface area contributed by atoms with Gasteiger partial charge in [0.15, 0.2) is 0 Å². The lowest BCUT2D eigenvalue weighted by Crippen LogP contribution is -2.31. The lowest BCUT2D eigenvalue weighted by atomic mass is 10.1. The fourth-order valence-electron chi connectivity index (χ4n) is 2.74. The van der Waals surface area contributed by atoms with E-state index in [1.807, 2.05) is 30.3 Å². The van der Waals surface area contributed by atoms with E-state index < -0.39 is 29.6 Å². The molecule has 1 N–H and O–H groups in total. The molecule has 0 radical (unpaired) electrons. The maximum atomic E-state index is 11.9. The van der Waals surface area contributed by atoms with Gasteiger partial charge < -0.3 is 9.47 Å². The lowest BCUT2D eigenvalue weighted by molar-refractivity contribution is -0.0488. The molecule has 130 valence electrons. The Morgan fingerprint density at radius 3 is 2.84 bits per heavy atom. The van der Waals surface area contributed by atoms with Gasteiger partial charge in [-0.2, -0.15) is 0 Å². The number of nitrogens with one attached hydrogen (secondary N) is 1. The lowest BCUT2D eigenvalue weighted by Gasteiger charge is -2.16. The minimum absolute atomic E-state index is 0.229. The molecule has 1 aromatic carbocycles. The number of H-pyrrole nitrogens is 1. The van der Waals surface area contributed by atoms with Crippen molar-refractivity contribution in [1.82, 2.24) is 9.55 Å². The predicted molar refractivity (Wildman–Crippen MR) is 88.9 cm³/mol. The van der Waals surface area contributed by atoms with Crippen molar-refractivity contribution < 1.29 is 9.47 Å². The Morgan fingerprint density at radius 2 is 2.12 bits per heavy atom. The van der Waals surface area contributed by atoms with E-state index in [4.69, 9.17) is 15.0 Å². The van der Waals surface area contributed by atoms with Gasteiger partial charge in [-0.05, 0) is 11.1 Å². The first-order valence-electron chi connectivity index (χ1n) is 7.80. The molecule has 0 spiro atoms. The molecule has 3 rings (SSSR count). The Hall–Kier alpha value is -2.87. The molecule has 1 saturated heterocycles. The molecule has 1 aromatic heterocycles. The highest BCUT2D eigenvalue weighted by atomic mass is 16.6. The molecule has 2 aromatic rings. The van der Waals surface area contributed by atoms with Crippen LogP contribution in [-0.2, 0) is 16.1 Å². The van der Waals surface area contributed by atoms with E-state index in [-0.39, 0.29) is 6.61 Å². The van der Waals surface area contributed by atoms with Crippen LogP contribution in [0, 0.1) is 0 Å². The predicted octanol–water partition coefficient (Wildman–Crippen LogP) is 1.72. The summed E-state index contributed by atoms with van der Waals surface area (Å²) < 4.78 is 12.8. The Labute approximate surface area is 142 Å². The number of rotatable bonds is 6. The van der Waals surface area contributed by atoms with Crippen LogP contribution < -0.4 is 11.2 Å². The van der Waals surface area contributed by atoms with Crippen LogP contribution in [0.5, 0.6) is 0 Å². The number of nitrogens with zero attached hydrogens (tertiary/aromatic N) is 4. The van der Waals surface area contributed by atoms with Crippen molar-refractivity contribution in [2.45, 2.75) is 31.4 Å². The molecule has 1 fully saturated rings. The molecule has 0 unspecified atom stereocenters. The van der Waals surface area contributed by atoms with E-state index in [0.717, 1.165) is 5.56 Å². The zero-order valence-electron chi connectivity index (χ0n) is 13.3. The summed E-state index contributed by atoms with van der Waals surface area (Å²) in [5.41, 5.74) is 8.72. The Balaban J connectivity index is 1.67. The number of ether oxygens (including phenoxy) is 2. The Morgan fingerprint density at radius 1 is 1.32 bits per heavy atom. The summed E-state index contributed by atoms with van der Waals surface area (Å²) in [4.78, 5) is 28.1. The van der Waals surface area contributed by atoms with E-state index in [0.29, 0.717) is 13.0 Å². The standard InChI is InChI=1S/C16H17N5O4/c17-20-19-12-8-15(21-7-6-14(22)18-16(21)23)25-13(12)10-24-9-11-4-2-1-3-5-11/h1-7,12-13,15H,8-10H2,(H,18,22,23)/t12-,13+,15+/m0/s1. The summed E-state index contributed by atoms with van der Waals surface area (Å²) in [5.74, 6) is 0. The third-order valence-corrected chi connectivity index (χ3v) is 3.96. The van der Waals surface area contributed by atoms with Gasteiger partial charge >= 0.3 is 5.69 Å². The number of azide groups is 1. The highest BCUT2D eigenvalue weighted by Gasteiger charge is 2.36. The van der Waals surface area contributed by atoms with Crippen LogP contribution >= 0.6 is 0 Å². The second-order valence-electron chi connectivity index (χ2n) is 5.66. The second-order valence-corrected chi connectivity index (χ2v) is 5.66. The number of aromatic amines is 1. The molecule has 25 heavy (non-hydrogen) atoms. The Bertz CT molecular complexity index is 872. The first kappa shape index (κ1) is 17.0. The van der Waals surface area contributed by atoms with Crippen molar-refractivity contribution in [3.63, 3.8) is 0 Å². The van der Waals surface area contributed by atoms with E-state index in [1.165, 1.54) is 16.8 Å². The van der Waals surface area contributed by atoms with Gasteiger partial charge in [-0.3, -0.25) is 14.3 Å². The molecule has 0 saturated carbocycles. The summed E-state index contributed by atoms with van der Waals surface area (Å²) in [5, 5.41) is 3.74. The van der Waals surface area contributed by atoms with Crippen LogP contribution in [0.3, 0.4) is 0 Å². The SMILES string of the molecule is [N-]=[N+]=N[C@H]1C[C@H](n2ccc(=O)[nH]c2=O)O[C@@H]1COCc1ccccc1. The zero-order valence-corrected chi connectivity index (χ0v) is 13.3. The fourth-order valence-corrected chi connectivity index (χ4v) is 2.74. The van der Waals surface area contributed by atoms with Crippen molar-refractivity contribution in [2.75, 3.05) is 6.61 Å². The molecule has 2 heterocycles. The average molecular weight is 343 g/mol. The van der Waals surface area contributed by atoms with Gasteiger partial charge in [0.25, 0.3) is 5.56 Å². The first-order valence-corrected chi connectivity index (χ1v) is 7.80. The van der Waals surface area contributed by atoms with Crippen molar-refractivity contribution >= 4 is 0 Å². The van der Waals surface area contributed by atoms with Gasteiger partial charge in [-0.1, -0.05) is 35.4 Å². The quantitative estimate of drug-likeness (QED) is 0.487.